The average Bonchev–Trinajstić information content (AvgIpc) is 2.77. The molecule has 2 heterocycles. The summed E-state index contributed by atoms with van der Waals surface area (Å²) in [5.74, 6) is 1.69. The van der Waals surface area contributed by atoms with Gasteiger partial charge in [-0.05, 0) is 18.7 Å². The maximum absolute atomic E-state index is 11.3. The van der Waals surface area contributed by atoms with Gasteiger partial charge in [0.25, 0.3) is 0 Å². The highest BCUT2D eigenvalue weighted by Gasteiger charge is 2.15. The van der Waals surface area contributed by atoms with Crippen molar-refractivity contribution < 1.29 is 4.21 Å². The molecule has 1 aliphatic rings. The van der Waals surface area contributed by atoms with Crippen LogP contribution in [0.15, 0.2) is 12.1 Å². The Labute approximate surface area is 110 Å². The molecule has 1 saturated heterocycles. The second-order valence-electron chi connectivity index (χ2n) is 4.27. The summed E-state index contributed by atoms with van der Waals surface area (Å²) in [7, 11) is -0.566. The molecule has 96 valence electrons. The molecule has 0 bridgehead atoms. The zero-order valence-corrected chi connectivity index (χ0v) is 11.9. The molecule has 3 nitrogen and oxygen atoms in total. The van der Waals surface area contributed by atoms with Crippen molar-refractivity contribution in [2.45, 2.75) is 20.0 Å². The van der Waals surface area contributed by atoms with Gasteiger partial charge in [0.15, 0.2) is 0 Å². The number of nitrogens with zero attached hydrogens (tertiary/aromatic N) is 1. The highest BCUT2D eigenvalue weighted by Crippen LogP contribution is 2.18. The molecule has 2 rings (SSSR count). The molecule has 0 aromatic carbocycles. The van der Waals surface area contributed by atoms with Gasteiger partial charge in [-0.3, -0.25) is 9.11 Å². The third kappa shape index (κ3) is 4.17. The second kappa shape index (κ2) is 6.64. The van der Waals surface area contributed by atoms with Crippen molar-refractivity contribution in [1.82, 2.24) is 10.2 Å². The molecule has 0 unspecified atom stereocenters. The van der Waals surface area contributed by atoms with E-state index in [2.05, 4.69) is 29.3 Å². The first-order valence-corrected chi connectivity index (χ1v) is 8.44. The van der Waals surface area contributed by atoms with Gasteiger partial charge in [0.05, 0.1) is 0 Å². The van der Waals surface area contributed by atoms with Crippen LogP contribution in [0.3, 0.4) is 0 Å². The Morgan fingerprint density at radius 1 is 1.35 bits per heavy atom. The molecule has 0 spiro atoms. The van der Waals surface area contributed by atoms with Crippen molar-refractivity contribution in [2.24, 2.45) is 0 Å². The summed E-state index contributed by atoms with van der Waals surface area (Å²) in [6.45, 7) is 7.10. The first-order valence-electron chi connectivity index (χ1n) is 6.13. The van der Waals surface area contributed by atoms with Crippen LogP contribution in [-0.2, 0) is 23.9 Å². The summed E-state index contributed by atoms with van der Waals surface area (Å²) in [4.78, 5) is 5.23. The zero-order valence-electron chi connectivity index (χ0n) is 10.3. The van der Waals surface area contributed by atoms with E-state index >= 15 is 0 Å². The molecule has 0 atom stereocenters. The van der Waals surface area contributed by atoms with Crippen LogP contribution < -0.4 is 5.32 Å². The van der Waals surface area contributed by atoms with Crippen LogP contribution in [0.25, 0.3) is 0 Å². The molecular weight excluding hydrogens is 252 g/mol. The summed E-state index contributed by atoms with van der Waals surface area (Å²) in [6.07, 6.45) is 0. The van der Waals surface area contributed by atoms with Gasteiger partial charge in [-0.25, -0.2) is 0 Å². The molecule has 1 aromatic rings. The monoisotopic (exact) mass is 272 g/mol. The minimum absolute atomic E-state index is 0.566. The quantitative estimate of drug-likeness (QED) is 0.880. The summed E-state index contributed by atoms with van der Waals surface area (Å²) in [5, 5.41) is 3.34. The van der Waals surface area contributed by atoms with Gasteiger partial charge in [-0.2, -0.15) is 0 Å². The Balaban J connectivity index is 1.82. The van der Waals surface area contributed by atoms with Crippen molar-refractivity contribution in [3.05, 3.63) is 21.9 Å². The van der Waals surface area contributed by atoms with Crippen LogP contribution in [0.1, 0.15) is 16.7 Å². The molecule has 5 heteroatoms. The van der Waals surface area contributed by atoms with Crippen LogP contribution in [0.4, 0.5) is 0 Å². The van der Waals surface area contributed by atoms with Crippen molar-refractivity contribution >= 4 is 22.1 Å². The molecule has 0 saturated carbocycles. The fourth-order valence-electron chi connectivity index (χ4n) is 1.90. The first kappa shape index (κ1) is 13.2. The lowest BCUT2D eigenvalue weighted by molar-refractivity contribution is 0.294. The number of hydrogen-bond acceptors (Lipinski definition) is 4. The lowest BCUT2D eigenvalue weighted by Gasteiger charge is -2.25. The average molecular weight is 272 g/mol. The van der Waals surface area contributed by atoms with E-state index in [-0.39, 0.29) is 0 Å². The van der Waals surface area contributed by atoms with Crippen LogP contribution >= 0.6 is 11.3 Å². The van der Waals surface area contributed by atoms with E-state index in [0.717, 1.165) is 44.2 Å². The Morgan fingerprint density at radius 2 is 2.06 bits per heavy atom. The van der Waals surface area contributed by atoms with E-state index in [9.17, 15) is 4.21 Å². The summed E-state index contributed by atoms with van der Waals surface area (Å²) in [6, 6.07) is 4.44. The fourth-order valence-corrected chi connectivity index (χ4v) is 4.06. The highest BCUT2D eigenvalue weighted by atomic mass is 32.2. The Hall–Kier alpha value is -0.230. The van der Waals surface area contributed by atoms with E-state index in [4.69, 9.17) is 0 Å². The predicted molar refractivity (Wildman–Crippen MR) is 74.9 cm³/mol. The lowest BCUT2D eigenvalue weighted by Crippen LogP contribution is -2.36. The molecule has 0 aliphatic carbocycles. The van der Waals surface area contributed by atoms with Crippen LogP contribution in [0.5, 0.6) is 0 Å². The Morgan fingerprint density at radius 3 is 2.76 bits per heavy atom. The smallest absolute Gasteiger partial charge is 0.0363 e. The minimum Gasteiger partial charge on any atom is -0.312 e. The minimum atomic E-state index is -0.566. The summed E-state index contributed by atoms with van der Waals surface area (Å²) in [5.41, 5.74) is 0. The molecule has 0 amide bonds. The predicted octanol–water partition coefficient (Wildman–Crippen LogP) is 1.42. The molecule has 17 heavy (non-hydrogen) atoms. The van der Waals surface area contributed by atoms with E-state index in [1.54, 1.807) is 0 Å². The van der Waals surface area contributed by atoms with Gasteiger partial charge in [0, 0.05) is 58.2 Å². The molecule has 0 radical (unpaired) electrons. The normalized spacial score (nSPS) is 18.6. The standard InChI is InChI=1S/C12H20N2OS2/c1-2-13-9-11-3-4-12(16-11)10-14-5-7-17(15)8-6-14/h3-4,13H,2,5-10H2,1H3. The maximum Gasteiger partial charge on any atom is 0.0363 e. The maximum atomic E-state index is 11.3. The lowest BCUT2D eigenvalue weighted by atomic mass is 10.4. The summed E-state index contributed by atoms with van der Waals surface area (Å²) >= 11 is 1.89. The topological polar surface area (TPSA) is 32.3 Å². The zero-order chi connectivity index (χ0) is 12.1. The van der Waals surface area contributed by atoms with Crippen LogP contribution in [-0.4, -0.2) is 40.2 Å². The number of nitrogens with one attached hydrogen (secondary N) is 1. The third-order valence-corrected chi connectivity index (χ3v) is 5.26. The molecule has 1 aromatic heterocycles. The van der Waals surface area contributed by atoms with Crippen LogP contribution in [0.2, 0.25) is 0 Å². The fraction of sp³-hybridized carbons (Fsp3) is 0.667. The van der Waals surface area contributed by atoms with E-state index in [0.29, 0.717) is 0 Å². The number of hydrogen-bond donors (Lipinski definition) is 1. The molecule has 1 fully saturated rings. The van der Waals surface area contributed by atoms with E-state index in [1.807, 2.05) is 11.3 Å². The largest absolute Gasteiger partial charge is 0.312 e. The van der Waals surface area contributed by atoms with E-state index < -0.39 is 10.8 Å². The molecular formula is C12H20N2OS2. The Bertz CT molecular complexity index is 368. The van der Waals surface area contributed by atoms with Crippen molar-refractivity contribution in [1.29, 1.82) is 0 Å². The number of rotatable bonds is 5. The van der Waals surface area contributed by atoms with Crippen molar-refractivity contribution in [3.63, 3.8) is 0 Å². The highest BCUT2D eigenvalue weighted by molar-refractivity contribution is 7.85. The second-order valence-corrected chi connectivity index (χ2v) is 7.22. The molecule has 1 aliphatic heterocycles. The van der Waals surface area contributed by atoms with Gasteiger partial charge in [-0.1, -0.05) is 6.92 Å². The number of thiophene rings is 1. The Kier molecular flexibility index (Phi) is 5.16. The first-order chi connectivity index (χ1) is 8.28. The van der Waals surface area contributed by atoms with Crippen LogP contribution in [0, 0.1) is 0 Å². The van der Waals surface area contributed by atoms with Gasteiger partial charge >= 0.3 is 0 Å². The van der Waals surface area contributed by atoms with Gasteiger partial charge < -0.3 is 5.32 Å². The van der Waals surface area contributed by atoms with Crippen molar-refractivity contribution in [3.8, 4) is 0 Å². The SMILES string of the molecule is CCNCc1ccc(CN2CCS(=O)CC2)s1. The summed E-state index contributed by atoms with van der Waals surface area (Å²) < 4.78 is 11.3. The van der Waals surface area contributed by atoms with Crippen molar-refractivity contribution in [2.75, 3.05) is 31.1 Å². The van der Waals surface area contributed by atoms with Gasteiger partial charge in [-0.15, -0.1) is 11.3 Å². The third-order valence-electron chi connectivity index (χ3n) is 2.92. The van der Waals surface area contributed by atoms with Gasteiger partial charge in [0.2, 0.25) is 0 Å². The van der Waals surface area contributed by atoms with E-state index in [1.165, 1.54) is 9.75 Å². The molecule has 1 N–H and O–H groups in total. The van der Waals surface area contributed by atoms with Gasteiger partial charge in [0.1, 0.15) is 0 Å².